The molecule has 0 unspecified atom stereocenters. The Morgan fingerprint density at radius 1 is 1.83 bits per heavy atom. The molecule has 0 aliphatic carbocycles. The molecule has 1 aromatic heterocycles. The summed E-state index contributed by atoms with van der Waals surface area (Å²) in [5.41, 5.74) is 7.94. The van der Waals surface area contributed by atoms with Crippen LogP contribution < -0.4 is 5.73 Å². The van der Waals surface area contributed by atoms with Crippen LogP contribution in [-0.2, 0) is 6.54 Å². The van der Waals surface area contributed by atoms with Crippen LogP contribution >= 0.6 is 23.2 Å². The predicted octanol–water partition coefficient (Wildman–Crippen LogP) is 2.26. The number of nitrogen functional groups attached to an aromatic ring is 1. The van der Waals surface area contributed by atoms with Crippen LogP contribution in [0.1, 0.15) is 6.92 Å². The maximum Gasteiger partial charge on any atom is 0.164 e. The van der Waals surface area contributed by atoms with Gasteiger partial charge in [-0.15, -0.1) is 0 Å². The molecule has 1 rings (SSSR count). The van der Waals surface area contributed by atoms with Crippen LogP contribution in [-0.4, -0.2) is 9.78 Å². The molecule has 0 aliphatic rings. The van der Waals surface area contributed by atoms with E-state index in [1.54, 1.807) is 10.9 Å². The van der Waals surface area contributed by atoms with Gasteiger partial charge >= 0.3 is 0 Å². The number of allylic oxidation sites excluding steroid dienone is 1. The molecule has 12 heavy (non-hydrogen) atoms. The lowest BCUT2D eigenvalue weighted by molar-refractivity contribution is 0.681. The minimum absolute atomic E-state index is 0.346. The lowest BCUT2D eigenvalue weighted by Crippen LogP contribution is -2.00. The lowest BCUT2D eigenvalue weighted by atomic mass is 10.3. The van der Waals surface area contributed by atoms with E-state index in [0.717, 1.165) is 5.57 Å². The summed E-state index contributed by atoms with van der Waals surface area (Å²) in [7, 11) is 0. The van der Waals surface area contributed by atoms with Crippen molar-refractivity contribution in [2.45, 2.75) is 13.5 Å². The van der Waals surface area contributed by atoms with Crippen LogP contribution in [0, 0.1) is 0 Å². The van der Waals surface area contributed by atoms with E-state index in [1.165, 1.54) is 5.54 Å². The summed E-state index contributed by atoms with van der Waals surface area (Å²) in [6.45, 7) is 2.51. The molecule has 1 aromatic rings. The first-order valence-electron chi connectivity index (χ1n) is 3.37. The second kappa shape index (κ2) is 3.83. The molecule has 0 aliphatic heterocycles. The zero-order valence-electron chi connectivity index (χ0n) is 6.59. The lowest BCUT2D eigenvalue weighted by Gasteiger charge is -1.98. The molecule has 5 heteroatoms. The van der Waals surface area contributed by atoms with Crippen LogP contribution in [0.3, 0.4) is 0 Å². The fraction of sp³-hybridized carbons (Fsp3) is 0.286. The minimum atomic E-state index is 0.346. The largest absolute Gasteiger partial charge is 0.381 e. The Balaban J connectivity index is 2.77. The minimum Gasteiger partial charge on any atom is -0.381 e. The number of halogens is 2. The molecule has 0 amide bonds. The highest BCUT2D eigenvalue weighted by atomic mass is 35.5. The predicted molar refractivity (Wildman–Crippen MR) is 51.3 cm³/mol. The van der Waals surface area contributed by atoms with Gasteiger partial charge in [-0.3, -0.25) is 4.68 Å². The third-order valence-electron chi connectivity index (χ3n) is 1.34. The van der Waals surface area contributed by atoms with Crippen molar-refractivity contribution in [1.29, 1.82) is 0 Å². The summed E-state index contributed by atoms with van der Waals surface area (Å²) in [6.07, 6.45) is 1.67. The molecular weight excluding hydrogens is 197 g/mol. The van der Waals surface area contributed by atoms with Crippen molar-refractivity contribution in [2.75, 3.05) is 5.73 Å². The molecule has 2 N–H and O–H groups in total. The third-order valence-corrected chi connectivity index (χ3v) is 2.00. The van der Waals surface area contributed by atoms with Crippen molar-refractivity contribution in [3.63, 3.8) is 0 Å². The second-order valence-corrected chi connectivity index (χ2v) is 3.14. The Labute approximate surface area is 80.8 Å². The Bertz CT molecular complexity index is 284. The van der Waals surface area contributed by atoms with E-state index < -0.39 is 0 Å². The van der Waals surface area contributed by atoms with Gasteiger partial charge in [-0.25, -0.2) is 0 Å². The zero-order valence-corrected chi connectivity index (χ0v) is 8.10. The molecule has 0 aromatic carbocycles. The third kappa shape index (κ3) is 2.16. The molecule has 66 valence electrons. The number of aromatic nitrogens is 2. The van der Waals surface area contributed by atoms with Crippen LogP contribution in [0.25, 0.3) is 0 Å². The summed E-state index contributed by atoms with van der Waals surface area (Å²) in [5.74, 6) is 0.346. The number of hydrogen-bond acceptors (Lipinski definition) is 2. The highest BCUT2D eigenvalue weighted by Crippen LogP contribution is 2.15. The number of nitrogens with two attached hydrogens (primary N) is 1. The van der Waals surface area contributed by atoms with E-state index >= 15 is 0 Å². The van der Waals surface area contributed by atoms with Gasteiger partial charge < -0.3 is 5.73 Å². The quantitative estimate of drug-likeness (QED) is 0.806. The van der Waals surface area contributed by atoms with Crippen LogP contribution in [0.2, 0.25) is 5.02 Å². The topological polar surface area (TPSA) is 43.8 Å². The van der Waals surface area contributed by atoms with Crippen molar-refractivity contribution >= 4 is 29.0 Å². The summed E-state index contributed by atoms with van der Waals surface area (Å²) in [6, 6.07) is 0. The van der Waals surface area contributed by atoms with Gasteiger partial charge in [-0.1, -0.05) is 23.2 Å². The Morgan fingerprint density at radius 3 is 2.92 bits per heavy atom. The molecular formula is C7H9Cl2N3. The molecule has 0 saturated heterocycles. The van der Waals surface area contributed by atoms with Gasteiger partial charge in [0.1, 0.15) is 5.02 Å². The van der Waals surface area contributed by atoms with Crippen molar-refractivity contribution in [1.82, 2.24) is 9.78 Å². The SMILES string of the molecule is C/C(=C/Cl)Cn1cc(Cl)c(N)n1. The Kier molecular flexibility index (Phi) is 3.00. The average molecular weight is 206 g/mol. The molecule has 0 radical (unpaired) electrons. The fourth-order valence-corrected chi connectivity index (χ4v) is 1.00. The Morgan fingerprint density at radius 2 is 2.50 bits per heavy atom. The van der Waals surface area contributed by atoms with Crippen molar-refractivity contribution in [3.8, 4) is 0 Å². The maximum absolute atomic E-state index is 5.70. The van der Waals surface area contributed by atoms with Crippen LogP contribution in [0.4, 0.5) is 5.82 Å². The maximum atomic E-state index is 5.70. The number of rotatable bonds is 2. The van der Waals surface area contributed by atoms with Crippen molar-refractivity contribution in [2.24, 2.45) is 0 Å². The molecule has 3 nitrogen and oxygen atoms in total. The van der Waals surface area contributed by atoms with Gasteiger partial charge in [0.15, 0.2) is 5.82 Å². The molecule has 0 saturated carbocycles. The average Bonchev–Trinajstić information content (AvgIpc) is 2.31. The fourth-order valence-electron chi connectivity index (χ4n) is 0.783. The molecule has 0 spiro atoms. The van der Waals surface area contributed by atoms with Gasteiger partial charge in [0.05, 0.1) is 6.54 Å². The van der Waals surface area contributed by atoms with Gasteiger partial charge in [0.25, 0.3) is 0 Å². The first kappa shape index (κ1) is 9.42. The zero-order chi connectivity index (χ0) is 9.14. The first-order valence-corrected chi connectivity index (χ1v) is 4.19. The molecule has 0 fully saturated rings. The Hall–Kier alpha value is -0.670. The molecule has 0 atom stereocenters. The van der Waals surface area contributed by atoms with Crippen LogP contribution in [0.15, 0.2) is 17.3 Å². The standard InChI is InChI=1S/C7H9Cl2N3/c1-5(2-8)3-12-4-6(9)7(10)11-12/h2,4H,3H2,1H3,(H2,10,11)/b5-2-. The molecule has 1 heterocycles. The highest BCUT2D eigenvalue weighted by Gasteiger charge is 2.01. The second-order valence-electron chi connectivity index (χ2n) is 2.52. The first-order chi connectivity index (χ1) is 5.63. The summed E-state index contributed by atoms with van der Waals surface area (Å²) >= 11 is 11.2. The number of nitrogens with zero attached hydrogens (tertiary/aromatic N) is 2. The smallest absolute Gasteiger partial charge is 0.164 e. The van der Waals surface area contributed by atoms with Crippen molar-refractivity contribution < 1.29 is 0 Å². The van der Waals surface area contributed by atoms with E-state index in [-0.39, 0.29) is 0 Å². The van der Waals surface area contributed by atoms with Crippen molar-refractivity contribution in [3.05, 3.63) is 22.3 Å². The van der Waals surface area contributed by atoms with Gasteiger partial charge in [-0.2, -0.15) is 5.10 Å². The normalized spacial score (nSPS) is 12.1. The van der Waals surface area contributed by atoms with E-state index in [9.17, 15) is 0 Å². The number of anilines is 1. The van der Waals surface area contributed by atoms with Crippen LogP contribution in [0.5, 0.6) is 0 Å². The van der Waals surface area contributed by atoms with E-state index in [2.05, 4.69) is 5.10 Å². The van der Waals surface area contributed by atoms with Gasteiger partial charge in [0, 0.05) is 11.7 Å². The monoisotopic (exact) mass is 205 g/mol. The molecule has 0 bridgehead atoms. The summed E-state index contributed by atoms with van der Waals surface area (Å²) in [5, 5.41) is 4.43. The van der Waals surface area contributed by atoms with E-state index in [0.29, 0.717) is 17.4 Å². The summed E-state index contributed by atoms with van der Waals surface area (Å²) in [4.78, 5) is 0. The highest BCUT2D eigenvalue weighted by molar-refractivity contribution is 6.32. The summed E-state index contributed by atoms with van der Waals surface area (Å²) < 4.78 is 1.64. The van der Waals surface area contributed by atoms with Gasteiger partial charge in [-0.05, 0) is 12.5 Å². The van der Waals surface area contributed by atoms with Gasteiger partial charge in [0.2, 0.25) is 0 Å². The van der Waals surface area contributed by atoms with E-state index in [1.807, 2.05) is 6.92 Å². The van der Waals surface area contributed by atoms with E-state index in [4.69, 9.17) is 28.9 Å². The number of hydrogen-bond donors (Lipinski definition) is 1.